The van der Waals surface area contributed by atoms with Gasteiger partial charge in [0.05, 0.1) is 6.10 Å². The minimum absolute atomic E-state index is 0.333. The number of rotatable bonds is 2. The van der Waals surface area contributed by atoms with Gasteiger partial charge in [0.1, 0.15) is 13.2 Å². The highest BCUT2D eigenvalue weighted by Crippen LogP contribution is 2.43. The van der Waals surface area contributed by atoms with E-state index in [0.29, 0.717) is 19.1 Å². The van der Waals surface area contributed by atoms with Crippen LogP contribution >= 0.6 is 0 Å². The molecule has 1 atom stereocenters. The summed E-state index contributed by atoms with van der Waals surface area (Å²) in [7, 11) is 0. The van der Waals surface area contributed by atoms with Crippen LogP contribution < -0.4 is 9.47 Å². The summed E-state index contributed by atoms with van der Waals surface area (Å²) in [5.74, 6) is 2.00. The molecule has 1 aliphatic heterocycles. The van der Waals surface area contributed by atoms with Crippen molar-refractivity contribution >= 4 is 0 Å². The number of ether oxygens (including phenoxy) is 2. The molecule has 3 heteroatoms. The maximum atomic E-state index is 9.97. The lowest BCUT2D eigenvalue weighted by atomic mass is 10.0. The van der Waals surface area contributed by atoms with E-state index < -0.39 is 0 Å². The fourth-order valence-corrected chi connectivity index (χ4v) is 1.93. The van der Waals surface area contributed by atoms with Gasteiger partial charge in [0.2, 0.25) is 0 Å². The van der Waals surface area contributed by atoms with Crippen molar-refractivity contribution in [2.24, 2.45) is 5.92 Å². The lowest BCUT2D eigenvalue weighted by molar-refractivity contribution is 0.149. The monoisotopic (exact) mass is 206 g/mol. The van der Waals surface area contributed by atoms with E-state index in [9.17, 15) is 5.11 Å². The molecule has 1 aromatic carbocycles. The Kier molecular flexibility index (Phi) is 2.06. The first-order chi connectivity index (χ1) is 7.34. The molecule has 1 saturated carbocycles. The topological polar surface area (TPSA) is 38.7 Å². The molecule has 0 bridgehead atoms. The van der Waals surface area contributed by atoms with Gasteiger partial charge in [-0.25, -0.2) is 0 Å². The highest BCUT2D eigenvalue weighted by Gasteiger charge is 2.31. The second-order valence-electron chi connectivity index (χ2n) is 4.19. The maximum Gasteiger partial charge on any atom is 0.161 e. The van der Waals surface area contributed by atoms with Gasteiger partial charge in [0, 0.05) is 0 Å². The molecule has 0 aromatic heterocycles. The van der Waals surface area contributed by atoms with E-state index in [0.717, 1.165) is 29.9 Å². The number of hydrogen-bond acceptors (Lipinski definition) is 3. The van der Waals surface area contributed by atoms with E-state index in [1.807, 2.05) is 18.2 Å². The van der Waals surface area contributed by atoms with Crippen molar-refractivity contribution in [3.8, 4) is 11.5 Å². The molecule has 0 radical (unpaired) electrons. The average molecular weight is 206 g/mol. The first kappa shape index (κ1) is 9.04. The summed E-state index contributed by atoms with van der Waals surface area (Å²) in [6, 6.07) is 5.71. The minimum Gasteiger partial charge on any atom is -0.486 e. The Labute approximate surface area is 88.6 Å². The SMILES string of the molecule is OC(c1ccc2c(c1)OCCO2)C1CC1. The van der Waals surface area contributed by atoms with Crippen LogP contribution in [-0.2, 0) is 0 Å². The van der Waals surface area contributed by atoms with Gasteiger partial charge in [-0.1, -0.05) is 6.07 Å². The molecule has 1 N–H and O–H groups in total. The maximum absolute atomic E-state index is 9.97. The van der Waals surface area contributed by atoms with E-state index in [1.54, 1.807) is 0 Å². The Morgan fingerprint density at radius 2 is 1.87 bits per heavy atom. The van der Waals surface area contributed by atoms with Crippen molar-refractivity contribution < 1.29 is 14.6 Å². The molecule has 1 fully saturated rings. The first-order valence-corrected chi connectivity index (χ1v) is 5.42. The summed E-state index contributed by atoms with van der Waals surface area (Å²) in [5.41, 5.74) is 0.946. The van der Waals surface area contributed by atoms with Crippen molar-refractivity contribution in [3.05, 3.63) is 23.8 Å². The van der Waals surface area contributed by atoms with Crippen molar-refractivity contribution in [1.29, 1.82) is 0 Å². The third-order valence-corrected chi connectivity index (χ3v) is 2.98. The van der Waals surface area contributed by atoms with E-state index in [1.165, 1.54) is 0 Å². The smallest absolute Gasteiger partial charge is 0.161 e. The van der Waals surface area contributed by atoms with E-state index in [-0.39, 0.29) is 6.10 Å². The average Bonchev–Trinajstić information content (AvgIpc) is 3.11. The first-order valence-electron chi connectivity index (χ1n) is 5.42. The molecule has 15 heavy (non-hydrogen) atoms. The lowest BCUT2D eigenvalue weighted by Gasteiger charge is -2.20. The highest BCUT2D eigenvalue weighted by molar-refractivity contribution is 5.44. The molecule has 0 spiro atoms. The van der Waals surface area contributed by atoms with Gasteiger partial charge in [-0.3, -0.25) is 0 Å². The van der Waals surface area contributed by atoms with Crippen LogP contribution in [0.1, 0.15) is 24.5 Å². The van der Waals surface area contributed by atoms with E-state index in [4.69, 9.17) is 9.47 Å². The molecule has 1 aliphatic carbocycles. The molecular formula is C12H14O3. The fourth-order valence-electron chi connectivity index (χ4n) is 1.93. The number of benzene rings is 1. The largest absolute Gasteiger partial charge is 0.486 e. The molecule has 80 valence electrons. The van der Waals surface area contributed by atoms with Crippen LogP contribution in [0.3, 0.4) is 0 Å². The molecule has 3 nitrogen and oxygen atoms in total. The standard InChI is InChI=1S/C12H14O3/c13-12(8-1-2-8)9-3-4-10-11(7-9)15-6-5-14-10/h3-4,7-8,12-13H,1-2,5-6H2. The number of aliphatic hydroxyl groups is 1. The Bertz CT molecular complexity index is 371. The van der Waals surface area contributed by atoms with Crippen LogP contribution in [0.2, 0.25) is 0 Å². The second kappa shape index (κ2) is 3.42. The van der Waals surface area contributed by atoms with Gasteiger partial charge in [0.25, 0.3) is 0 Å². The quantitative estimate of drug-likeness (QED) is 0.803. The fraction of sp³-hybridized carbons (Fsp3) is 0.500. The predicted octanol–water partition coefficient (Wildman–Crippen LogP) is 1.90. The van der Waals surface area contributed by atoms with Crippen molar-refractivity contribution in [2.75, 3.05) is 13.2 Å². The number of aliphatic hydroxyl groups excluding tert-OH is 1. The van der Waals surface area contributed by atoms with Gasteiger partial charge < -0.3 is 14.6 Å². The van der Waals surface area contributed by atoms with Crippen LogP contribution in [0.25, 0.3) is 0 Å². The highest BCUT2D eigenvalue weighted by atomic mass is 16.6. The van der Waals surface area contributed by atoms with Crippen molar-refractivity contribution in [1.82, 2.24) is 0 Å². The van der Waals surface area contributed by atoms with Gasteiger partial charge in [0.15, 0.2) is 11.5 Å². The Balaban J connectivity index is 1.89. The van der Waals surface area contributed by atoms with Crippen LogP contribution in [0.5, 0.6) is 11.5 Å². The third kappa shape index (κ3) is 1.67. The molecule has 1 heterocycles. The summed E-state index contributed by atoms with van der Waals surface area (Å²) >= 11 is 0. The molecule has 0 saturated heterocycles. The van der Waals surface area contributed by atoms with Gasteiger partial charge in [-0.05, 0) is 36.5 Å². The summed E-state index contributed by atoms with van der Waals surface area (Å²) in [6.45, 7) is 1.20. The molecular weight excluding hydrogens is 192 g/mol. The second-order valence-corrected chi connectivity index (χ2v) is 4.19. The molecule has 1 aromatic rings. The Hall–Kier alpha value is -1.22. The Morgan fingerprint density at radius 3 is 2.60 bits per heavy atom. The Morgan fingerprint density at radius 1 is 1.13 bits per heavy atom. The zero-order chi connectivity index (χ0) is 10.3. The van der Waals surface area contributed by atoms with Crippen molar-refractivity contribution in [2.45, 2.75) is 18.9 Å². The molecule has 2 aliphatic rings. The normalized spacial score (nSPS) is 21.1. The summed E-state index contributed by atoms with van der Waals surface area (Å²) in [6.07, 6.45) is 1.94. The molecule has 0 amide bonds. The third-order valence-electron chi connectivity index (χ3n) is 2.98. The molecule has 3 rings (SSSR count). The summed E-state index contributed by atoms with van der Waals surface area (Å²) < 4.78 is 10.9. The zero-order valence-corrected chi connectivity index (χ0v) is 8.48. The summed E-state index contributed by atoms with van der Waals surface area (Å²) in [4.78, 5) is 0. The van der Waals surface area contributed by atoms with Gasteiger partial charge in [-0.15, -0.1) is 0 Å². The van der Waals surface area contributed by atoms with Crippen LogP contribution in [0.15, 0.2) is 18.2 Å². The minimum atomic E-state index is -0.333. The van der Waals surface area contributed by atoms with E-state index >= 15 is 0 Å². The molecule has 1 unspecified atom stereocenters. The number of hydrogen-bond donors (Lipinski definition) is 1. The zero-order valence-electron chi connectivity index (χ0n) is 8.48. The predicted molar refractivity (Wildman–Crippen MR) is 55.1 cm³/mol. The van der Waals surface area contributed by atoms with Gasteiger partial charge >= 0.3 is 0 Å². The number of fused-ring (bicyclic) bond motifs is 1. The van der Waals surface area contributed by atoms with E-state index in [2.05, 4.69) is 0 Å². The van der Waals surface area contributed by atoms with Gasteiger partial charge in [-0.2, -0.15) is 0 Å². The lowest BCUT2D eigenvalue weighted by Crippen LogP contribution is -2.15. The van der Waals surface area contributed by atoms with Crippen LogP contribution in [0.4, 0.5) is 0 Å². The van der Waals surface area contributed by atoms with Crippen LogP contribution in [0, 0.1) is 5.92 Å². The summed E-state index contributed by atoms with van der Waals surface area (Å²) in [5, 5.41) is 9.97. The van der Waals surface area contributed by atoms with Crippen molar-refractivity contribution in [3.63, 3.8) is 0 Å². The van der Waals surface area contributed by atoms with Crippen LogP contribution in [-0.4, -0.2) is 18.3 Å².